The van der Waals surface area contributed by atoms with Crippen molar-refractivity contribution in [3.63, 3.8) is 0 Å². The van der Waals surface area contributed by atoms with Crippen molar-refractivity contribution < 1.29 is 19.1 Å². The molecule has 0 fully saturated rings. The number of halogens is 1. The van der Waals surface area contributed by atoms with Crippen LogP contribution in [0.25, 0.3) is 5.70 Å². The molecule has 2 N–H and O–H groups in total. The van der Waals surface area contributed by atoms with E-state index in [1.165, 1.54) is 30.3 Å². The first kappa shape index (κ1) is 16.9. The molecule has 2 aromatic carbocycles. The van der Waals surface area contributed by atoms with Crippen molar-refractivity contribution >= 4 is 17.4 Å². The lowest BCUT2D eigenvalue weighted by Crippen LogP contribution is -2.43. The fraction of sp³-hybridized carbons (Fsp3) is 0.200. The maximum absolute atomic E-state index is 13.7. The van der Waals surface area contributed by atoms with E-state index >= 15 is 0 Å². The third-order valence-corrected chi connectivity index (χ3v) is 4.17. The van der Waals surface area contributed by atoms with Gasteiger partial charge in [0.2, 0.25) is 0 Å². The number of hydrogen-bond donors (Lipinski definition) is 2. The van der Waals surface area contributed by atoms with E-state index in [1.807, 2.05) is 13.8 Å². The Bertz CT molecular complexity index is 900. The first-order chi connectivity index (χ1) is 11.8. The second-order valence-electron chi connectivity index (χ2n) is 6.76. The number of carbonyl (C=O) groups excluding carboxylic acids is 1. The summed E-state index contributed by atoms with van der Waals surface area (Å²) in [6.45, 7) is 3.98. The number of fused-ring (bicyclic) bond motifs is 1. The van der Waals surface area contributed by atoms with Crippen molar-refractivity contribution in [3.05, 3.63) is 76.6 Å². The molecule has 2 aromatic rings. The van der Waals surface area contributed by atoms with Gasteiger partial charge >= 0.3 is 5.97 Å². The first-order valence-corrected chi connectivity index (χ1v) is 7.92. The Morgan fingerprint density at radius 1 is 1.16 bits per heavy atom. The first-order valence-electron chi connectivity index (χ1n) is 7.92. The number of carboxylic acid groups (broad SMARTS) is 1. The molecule has 0 saturated heterocycles. The van der Waals surface area contributed by atoms with Crippen molar-refractivity contribution in [1.82, 2.24) is 5.32 Å². The Kier molecular flexibility index (Phi) is 4.17. The molecule has 0 aliphatic carbocycles. The van der Waals surface area contributed by atoms with Gasteiger partial charge in [0.1, 0.15) is 5.82 Å². The van der Waals surface area contributed by atoms with Gasteiger partial charge in [-0.05, 0) is 44.0 Å². The molecule has 4 nitrogen and oxygen atoms in total. The molecule has 5 heteroatoms. The zero-order valence-corrected chi connectivity index (χ0v) is 14.0. The van der Waals surface area contributed by atoms with Crippen molar-refractivity contribution in [1.29, 1.82) is 0 Å². The molecule has 0 saturated carbocycles. The number of hydrogen-bond acceptors (Lipinski definition) is 3. The topological polar surface area (TPSA) is 66.4 Å². The molecule has 0 bridgehead atoms. The molecule has 25 heavy (non-hydrogen) atoms. The van der Waals surface area contributed by atoms with Crippen molar-refractivity contribution in [2.45, 2.75) is 25.8 Å². The third kappa shape index (κ3) is 3.45. The molecule has 0 amide bonds. The zero-order valence-electron chi connectivity index (χ0n) is 14.0. The maximum Gasteiger partial charge on any atom is 0.336 e. The standard InChI is InChI=1S/C20H18FNO3/c1-20(2)11-12-7-8-13(21)9-16(12)17(22-20)10-18(23)14-5-3-4-6-15(14)19(24)25/h3-10,22H,11H2,1-2H3,(H,24,25)/b17-10-. The van der Waals surface area contributed by atoms with Gasteiger partial charge in [-0.15, -0.1) is 0 Å². The van der Waals surface area contributed by atoms with Gasteiger partial charge in [-0.2, -0.15) is 0 Å². The number of allylic oxidation sites excluding steroid dienone is 1. The molecule has 1 aliphatic heterocycles. The Morgan fingerprint density at radius 3 is 2.52 bits per heavy atom. The van der Waals surface area contributed by atoms with Crippen molar-refractivity contribution in [2.24, 2.45) is 0 Å². The summed E-state index contributed by atoms with van der Waals surface area (Å²) in [5.74, 6) is -1.98. The van der Waals surface area contributed by atoms with Gasteiger partial charge in [-0.1, -0.05) is 24.3 Å². The number of aromatic carboxylic acids is 1. The summed E-state index contributed by atoms with van der Waals surface area (Å²) >= 11 is 0. The Labute approximate surface area is 145 Å². The summed E-state index contributed by atoms with van der Waals surface area (Å²) in [5.41, 5.74) is 1.81. The Morgan fingerprint density at radius 2 is 1.84 bits per heavy atom. The SMILES string of the molecule is CC1(C)Cc2ccc(F)cc2/C(=C/C(=O)c2ccccc2C(=O)O)N1. The molecule has 0 spiro atoms. The van der Waals surface area contributed by atoms with Crippen LogP contribution in [0.1, 0.15) is 45.7 Å². The average Bonchev–Trinajstić information content (AvgIpc) is 2.54. The summed E-state index contributed by atoms with van der Waals surface area (Å²) < 4.78 is 13.7. The minimum absolute atomic E-state index is 0.0566. The van der Waals surface area contributed by atoms with E-state index in [0.29, 0.717) is 17.7 Å². The van der Waals surface area contributed by atoms with E-state index in [2.05, 4.69) is 5.32 Å². The van der Waals surface area contributed by atoms with Crippen molar-refractivity contribution in [2.75, 3.05) is 0 Å². The number of benzene rings is 2. The molecule has 0 aromatic heterocycles. The highest BCUT2D eigenvalue weighted by Gasteiger charge is 2.28. The summed E-state index contributed by atoms with van der Waals surface area (Å²) in [6, 6.07) is 10.6. The van der Waals surface area contributed by atoms with Crippen LogP contribution in [0.4, 0.5) is 4.39 Å². The number of rotatable bonds is 3. The summed E-state index contributed by atoms with van der Waals surface area (Å²) in [7, 11) is 0. The van der Waals surface area contributed by atoms with Crippen molar-refractivity contribution in [3.8, 4) is 0 Å². The normalized spacial score (nSPS) is 16.8. The second-order valence-corrected chi connectivity index (χ2v) is 6.76. The zero-order chi connectivity index (χ0) is 18.2. The van der Waals surface area contributed by atoms with Gasteiger partial charge in [-0.25, -0.2) is 9.18 Å². The molecule has 1 aliphatic rings. The maximum atomic E-state index is 13.7. The van der Waals surface area contributed by atoms with Crippen LogP contribution in [0.5, 0.6) is 0 Å². The van der Waals surface area contributed by atoms with Crippen LogP contribution < -0.4 is 5.32 Å². The summed E-state index contributed by atoms with van der Waals surface area (Å²) in [5, 5.41) is 12.5. The number of nitrogens with one attached hydrogen (secondary N) is 1. The number of carboxylic acids is 1. The van der Waals surface area contributed by atoms with E-state index in [4.69, 9.17) is 0 Å². The fourth-order valence-corrected chi connectivity index (χ4v) is 3.11. The van der Waals surface area contributed by atoms with Crippen LogP contribution >= 0.6 is 0 Å². The van der Waals surface area contributed by atoms with Gasteiger partial charge in [0.15, 0.2) is 5.78 Å². The van der Waals surface area contributed by atoms with Crippen LogP contribution in [-0.2, 0) is 6.42 Å². The predicted molar refractivity (Wildman–Crippen MR) is 93.0 cm³/mol. The van der Waals surface area contributed by atoms with Crippen LogP contribution in [0.3, 0.4) is 0 Å². The average molecular weight is 339 g/mol. The monoisotopic (exact) mass is 339 g/mol. The number of carbonyl (C=O) groups is 2. The minimum atomic E-state index is -1.16. The van der Waals surface area contributed by atoms with E-state index in [9.17, 15) is 19.1 Å². The van der Waals surface area contributed by atoms with Crippen LogP contribution in [0, 0.1) is 5.82 Å². The smallest absolute Gasteiger partial charge is 0.336 e. The van der Waals surface area contributed by atoms with E-state index in [0.717, 1.165) is 5.56 Å². The van der Waals surface area contributed by atoms with Crippen LogP contribution in [-0.4, -0.2) is 22.4 Å². The lowest BCUT2D eigenvalue weighted by atomic mass is 9.85. The van der Waals surface area contributed by atoms with Gasteiger partial charge in [-0.3, -0.25) is 4.79 Å². The quantitative estimate of drug-likeness (QED) is 0.661. The lowest BCUT2D eigenvalue weighted by Gasteiger charge is -2.35. The van der Waals surface area contributed by atoms with E-state index < -0.39 is 11.8 Å². The summed E-state index contributed by atoms with van der Waals surface area (Å²) in [6.07, 6.45) is 2.04. The second kappa shape index (κ2) is 6.16. The largest absolute Gasteiger partial charge is 0.478 e. The fourth-order valence-electron chi connectivity index (χ4n) is 3.11. The molecule has 0 atom stereocenters. The summed E-state index contributed by atoms with van der Waals surface area (Å²) in [4.78, 5) is 24.0. The van der Waals surface area contributed by atoms with Crippen LogP contribution in [0.15, 0.2) is 48.5 Å². The molecular formula is C20H18FNO3. The molecule has 3 rings (SSSR count). The Hall–Kier alpha value is -2.95. The van der Waals surface area contributed by atoms with E-state index in [1.54, 1.807) is 18.2 Å². The molecule has 128 valence electrons. The van der Waals surface area contributed by atoms with Gasteiger partial charge in [0.25, 0.3) is 0 Å². The van der Waals surface area contributed by atoms with E-state index in [-0.39, 0.29) is 22.5 Å². The minimum Gasteiger partial charge on any atom is -0.478 e. The highest BCUT2D eigenvalue weighted by atomic mass is 19.1. The molecule has 0 unspecified atom stereocenters. The third-order valence-electron chi connectivity index (χ3n) is 4.17. The van der Waals surface area contributed by atoms with Gasteiger partial charge in [0.05, 0.1) is 5.56 Å². The highest BCUT2D eigenvalue weighted by molar-refractivity contribution is 6.13. The van der Waals surface area contributed by atoms with Gasteiger partial charge < -0.3 is 10.4 Å². The van der Waals surface area contributed by atoms with Crippen LogP contribution in [0.2, 0.25) is 0 Å². The molecule has 0 radical (unpaired) electrons. The van der Waals surface area contributed by atoms with Gasteiger partial charge in [0, 0.05) is 28.4 Å². The molecular weight excluding hydrogens is 321 g/mol. The lowest BCUT2D eigenvalue weighted by molar-refractivity contribution is 0.0693. The number of ketones is 1. The Balaban J connectivity index is 2.08. The molecule has 1 heterocycles. The highest BCUT2D eigenvalue weighted by Crippen LogP contribution is 2.30. The predicted octanol–water partition coefficient (Wildman–Crippen LogP) is 3.67.